The molecule has 0 aromatic heterocycles. The van der Waals surface area contributed by atoms with Gasteiger partial charge in [-0.1, -0.05) is 0 Å². The van der Waals surface area contributed by atoms with Gasteiger partial charge in [-0.3, -0.25) is 14.9 Å². The molecule has 1 aromatic rings. The van der Waals surface area contributed by atoms with Crippen molar-refractivity contribution < 1.29 is 28.6 Å². The smallest absolute Gasteiger partial charge is 0.331 e. The van der Waals surface area contributed by atoms with Crippen LogP contribution in [-0.2, 0) is 30.5 Å². The summed E-state index contributed by atoms with van der Waals surface area (Å²) in [5, 5.41) is 10.6. The van der Waals surface area contributed by atoms with Gasteiger partial charge in [-0.15, -0.1) is 5.10 Å². The van der Waals surface area contributed by atoms with Crippen molar-refractivity contribution in [2.75, 3.05) is 13.7 Å². The van der Waals surface area contributed by atoms with Crippen molar-refractivity contribution in [3.8, 4) is 5.75 Å². The Morgan fingerprint density at radius 3 is 2.79 bits per heavy atom. The molecule has 0 bridgehead atoms. The predicted molar refractivity (Wildman–Crippen MR) is 104 cm³/mol. The second-order valence-electron chi connectivity index (χ2n) is 5.32. The lowest BCUT2D eigenvalue weighted by Crippen LogP contribution is -2.19. The van der Waals surface area contributed by atoms with Gasteiger partial charge in [0.25, 0.3) is 5.91 Å². The van der Waals surface area contributed by atoms with E-state index in [9.17, 15) is 14.4 Å². The number of ether oxygens (including phenoxy) is 3. The Morgan fingerprint density at radius 1 is 1.32 bits per heavy atom. The van der Waals surface area contributed by atoms with E-state index in [1.807, 2.05) is 6.92 Å². The fourth-order valence-corrected chi connectivity index (χ4v) is 2.80. The summed E-state index contributed by atoms with van der Waals surface area (Å²) in [7, 11) is 1.22. The summed E-state index contributed by atoms with van der Waals surface area (Å²) in [6.07, 6.45) is 2.56. The van der Waals surface area contributed by atoms with E-state index >= 15 is 0 Å². The molecule has 0 unspecified atom stereocenters. The van der Waals surface area contributed by atoms with Crippen molar-refractivity contribution in [1.29, 1.82) is 0 Å². The van der Waals surface area contributed by atoms with Crippen LogP contribution >= 0.6 is 11.8 Å². The molecule has 1 amide bonds. The van der Waals surface area contributed by atoms with E-state index in [-0.39, 0.29) is 16.7 Å². The topological polar surface area (TPSA) is 116 Å². The third-order valence-electron chi connectivity index (χ3n) is 3.27. The van der Waals surface area contributed by atoms with Gasteiger partial charge in [0.1, 0.15) is 12.4 Å². The van der Waals surface area contributed by atoms with E-state index in [0.29, 0.717) is 23.5 Å². The molecule has 0 atom stereocenters. The Hall–Kier alpha value is -3.14. The van der Waals surface area contributed by atoms with Crippen LogP contribution in [-0.4, -0.2) is 42.9 Å². The van der Waals surface area contributed by atoms with Crippen LogP contribution in [0.5, 0.6) is 5.75 Å². The highest BCUT2D eigenvalue weighted by Crippen LogP contribution is 2.24. The minimum absolute atomic E-state index is 0.0778. The monoisotopic (exact) mass is 405 g/mol. The molecule has 28 heavy (non-hydrogen) atoms. The number of amides is 1. The van der Waals surface area contributed by atoms with Gasteiger partial charge < -0.3 is 14.2 Å². The molecule has 1 N–H and O–H groups in total. The number of nitrogens with one attached hydrogen (secondary N) is 1. The number of amidine groups is 1. The van der Waals surface area contributed by atoms with Gasteiger partial charge in [-0.2, -0.15) is 5.10 Å². The van der Waals surface area contributed by atoms with E-state index in [1.165, 1.54) is 20.2 Å². The highest BCUT2D eigenvalue weighted by Gasteiger charge is 2.25. The molecule has 10 heteroatoms. The van der Waals surface area contributed by atoms with E-state index in [1.54, 1.807) is 18.2 Å². The van der Waals surface area contributed by atoms with Gasteiger partial charge in [0.05, 0.1) is 24.8 Å². The van der Waals surface area contributed by atoms with E-state index in [4.69, 9.17) is 9.47 Å². The first-order valence-corrected chi connectivity index (χ1v) is 9.03. The van der Waals surface area contributed by atoms with Crippen LogP contribution in [0.25, 0.3) is 0 Å². The third kappa shape index (κ3) is 6.23. The number of hydrogen-bond acceptors (Lipinski definition) is 9. The summed E-state index contributed by atoms with van der Waals surface area (Å²) in [5.74, 6) is -0.854. The molecule has 1 aliphatic rings. The number of thioether (sulfide) groups is 1. The van der Waals surface area contributed by atoms with E-state index in [0.717, 1.165) is 17.8 Å². The second kappa shape index (κ2) is 10.3. The predicted octanol–water partition coefficient (Wildman–Crippen LogP) is 1.76. The molecule has 0 aliphatic carbocycles. The molecule has 0 spiro atoms. The molecule has 148 valence electrons. The van der Waals surface area contributed by atoms with Gasteiger partial charge in [-0.05, 0) is 42.4 Å². The molecule has 1 heterocycles. The molecule has 1 saturated heterocycles. The maximum absolute atomic E-state index is 11.7. The van der Waals surface area contributed by atoms with Crippen LogP contribution < -0.4 is 10.1 Å². The van der Waals surface area contributed by atoms with Crippen molar-refractivity contribution in [3.63, 3.8) is 0 Å². The maximum Gasteiger partial charge on any atom is 0.331 e. The zero-order chi connectivity index (χ0) is 20.5. The summed E-state index contributed by atoms with van der Waals surface area (Å²) in [5.41, 5.74) is 1.40. The van der Waals surface area contributed by atoms with Gasteiger partial charge in [0, 0.05) is 18.6 Å². The molecular weight excluding hydrogens is 386 g/mol. The molecule has 0 radical (unpaired) electrons. The number of nitrogens with zero attached hydrogens (tertiary/aromatic N) is 2. The second-order valence-corrected chi connectivity index (χ2v) is 6.35. The van der Waals surface area contributed by atoms with Crippen LogP contribution in [0, 0.1) is 0 Å². The number of carbonyl (C=O) groups is 3. The highest BCUT2D eigenvalue weighted by atomic mass is 32.2. The number of rotatable bonds is 7. The van der Waals surface area contributed by atoms with Crippen molar-refractivity contribution in [3.05, 3.63) is 40.3 Å². The standard InChI is InChI=1S/C18H19N3O6S/c1-4-26-14-6-5-12(7-13(14)10-27-11(2)22)9-19-21-18-20-17(24)15(28-18)8-16(23)25-3/h5-9H,4,10H2,1-3H3,(H,20,21,24)/b15-8+,19-9?. The quantitative estimate of drug-likeness (QED) is 0.318. The van der Waals surface area contributed by atoms with E-state index < -0.39 is 17.8 Å². The Balaban J connectivity index is 2.11. The van der Waals surface area contributed by atoms with Crippen LogP contribution in [0.1, 0.15) is 25.0 Å². The summed E-state index contributed by atoms with van der Waals surface area (Å²) in [6.45, 7) is 3.75. The fourth-order valence-electron chi connectivity index (χ4n) is 2.06. The highest BCUT2D eigenvalue weighted by molar-refractivity contribution is 8.18. The van der Waals surface area contributed by atoms with Crippen LogP contribution in [0.15, 0.2) is 39.4 Å². The summed E-state index contributed by atoms with van der Waals surface area (Å²) in [6, 6.07) is 5.29. The van der Waals surface area contributed by atoms with Crippen LogP contribution in [0.2, 0.25) is 0 Å². The minimum Gasteiger partial charge on any atom is -0.493 e. The molecule has 1 aliphatic heterocycles. The average Bonchev–Trinajstić information content (AvgIpc) is 3.00. The van der Waals surface area contributed by atoms with Gasteiger partial charge >= 0.3 is 11.9 Å². The number of benzene rings is 1. The lowest BCUT2D eigenvalue weighted by Gasteiger charge is -2.10. The third-order valence-corrected chi connectivity index (χ3v) is 4.17. The van der Waals surface area contributed by atoms with Crippen LogP contribution in [0.4, 0.5) is 0 Å². The molecular formula is C18H19N3O6S. The maximum atomic E-state index is 11.7. The largest absolute Gasteiger partial charge is 0.493 e. The van der Waals surface area contributed by atoms with Gasteiger partial charge in [0.2, 0.25) is 0 Å². The number of methoxy groups -OCH3 is 1. The first-order chi connectivity index (χ1) is 13.4. The Morgan fingerprint density at radius 2 is 2.11 bits per heavy atom. The normalized spacial score (nSPS) is 16.5. The molecule has 0 saturated carbocycles. The molecule has 9 nitrogen and oxygen atoms in total. The van der Waals surface area contributed by atoms with Gasteiger partial charge in [-0.25, -0.2) is 4.79 Å². The summed E-state index contributed by atoms with van der Waals surface area (Å²) in [4.78, 5) is 34.2. The zero-order valence-electron chi connectivity index (χ0n) is 15.6. The van der Waals surface area contributed by atoms with Crippen LogP contribution in [0.3, 0.4) is 0 Å². The average molecular weight is 405 g/mol. The lowest BCUT2D eigenvalue weighted by atomic mass is 10.1. The van der Waals surface area contributed by atoms with Crippen molar-refractivity contribution in [2.24, 2.45) is 10.2 Å². The molecule has 2 rings (SSSR count). The van der Waals surface area contributed by atoms with Crippen molar-refractivity contribution >= 4 is 41.0 Å². The van der Waals surface area contributed by atoms with Crippen molar-refractivity contribution in [2.45, 2.75) is 20.5 Å². The Kier molecular flexibility index (Phi) is 7.76. The Bertz CT molecular complexity index is 863. The number of hydrogen-bond donors (Lipinski definition) is 1. The summed E-state index contributed by atoms with van der Waals surface area (Å²) >= 11 is 0.980. The van der Waals surface area contributed by atoms with Crippen molar-refractivity contribution in [1.82, 2.24) is 5.32 Å². The minimum atomic E-state index is -0.628. The first kappa shape index (κ1) is 21.2. The fraction of sp³-hybridized carbons (Fsp3) is 0.278. The molecule has 1 fully saturated rings. The van der Waals surface area contributed by atoms with Gasteiger partial charge in [0.15, 0.2) is 5.17 Å². The Labute approximate surface area is 165 Å². The lowest BCUT2D eigenvalue weighted by molar-refractivity contribution is -0.142. The first-order valence-electron chi connectivity index (χ1n) is 8.22. The zero-order valence-corrected chi connectivity index (χ0v) is 16.4. The SMILES string of the molecule is CCOc1ccc(C=N/N=C2/NC(=O)/C(=C\C(=O)OC)S2)cc1COC(C)=O. The summed E-state index contributed by atoms with van der Waals surface area (Å²) < 4.78 is 15.0. The van der Waals surface area contributed by atoms with E-state index in [2.05, 4.69) is 20.3 Å². The number of esters is 2. The number of carbonyl (C=O) groups excluding carboxylic acids is 3. The molecule has 1 aromatic carbocycles.